The molecule has 0 bridgehead atoms. The van der Waals surface area contributed by atoms with Crippen LogP contribution in [-0.4, -0.2) is 21.0 Å². The van der Waals surface area contributed by atoms with Gasteiger partial charge in [0.1, 0.15) is 4.90 Å². The van der Waals surface area contributed by atoms with Gasteiger partial charge in [-0.25, -0.2) is 13.1 Å². The van der Waals surface area contributed by atoms with E-state index in [4.69, 9.17) is 28.9 Å². The molecular formula is C12H16Cl2N2O2S. The van der Waals surface area contributed by atoms with Crippen LogP contribution < -0.4 is 10.5 Å². The van der Waals surface area contributed by atoms with Crippen molar-refractivity contribution in [2.24, 2.45) is 11.7 Å². The molecule has 2 unspecified atom stereocenters. The highest BCUT2D eigenvalue weighted by molar-refractivity contribution is 7.89. The molecule has 1 aliphatic rings. The van der Waals surface area contributed by atoms with Crippen LogP contribution in [0.3, 0.4) is 0 Å². The second-order valence-electron chi connectivity index (χ2n) is 4.73. The van der Waals surface area contributed by atoms with Crippen molar-refractivity contribution in [2.75, 3.05) is 6.54 Å². The normalized spacial score (nSPS) is 23.7. The summed E-state index contributed by atoms with van der Waals surface area (Å²) in [5, 5.41) is 0.534. The number of nitrogens with two attached hydrogens (primary N) is 1. The van der Waals surface area contributed by atoms with E-state index in [1.54, 1.807) is 0 Å². The van der Waals surface area contributed by atoms with Crippen LogP contribution >= 0.6 is 23.2 Å². The Labute approximate surface area is 123 Å². The van der Waals surface area contributed by atoms with Gasteiger partial charge in [-0.15, -0.1) is 0 Å². The highest BCUT2D eigenvalue weighted by atomic mass is 35.5. The number of hydrogen-bond acceptors (Lipinski definition) is 3. The van der Waals surface area contributed by atoms with E-state index in [0.29, 0.717) is 11.6 Å². The minimum Gasteiger partial charge on any atom is -0.330 e. The van der Waals surface area contributed by atoms with E-state index >= 15 is 0 Å². The van der Waals surface area contributed by atoms with Crippen LogP contribution in [0, 0.1) is 5.92 Å². The maximum absolute atomic E-state index is 12.3. The third-order valence-electron chi connectivity index (χ3n) is 3.45. The van der Waals surface area contributed by atoms with Crippen LogP contribution in [0.25, 0.3) is 0 Å². The highest BCUT2D eigenvalue weighted by Gasteiger charge is 2.31. The van der Waals surface area contributed by atoms with E-state index < -0.39 is 10.0 Å². The number of halogens is 2. The van der Waals surface area contributed by atoms with Crippen LogP contribution in [0.2, 0.25) is 10.0 Å². The van der Waals surface area contributed by atoms with Gasteiger partial charge >= 0.3 is 0 Å². The zero-order valence-corrected chi connectivity index (χ0v) is 12.6. The van der Waals surface area contributed by atoms with Gasteiger partial charge in [0.15, 0.2) is 0 Å². The lowest BCUT2D eigenvalue weighted by molar-refractivity contribution is 0.453. The summed E-state index contributed by atoms with van der Waals surface area (Å²) in [4.78, 5) is 0.0567. The van der Waals surface area contributed by atoms with Crippen LogP contribution in [-0.2, 0) is 10.0 Å². The third-order valence-corrected chi connectivity index (χ3v) is 5.66. The predicted octanol–water partition coefficient (Wildman–Crippen LogP) is 2.40. The lowest BCUT2D eigenvalue weighted by Gasteiger charge is -2.19. The van der Waals surface area contributed by atoms with E-state index in [0.717, 1.165) is 19.3 Å². The zero-order valence-electron chi connectivity index (χ0n) is 10.3. The Morgan fingerprint density at radius 1 is 1.32 bits per heavy atom. The monoisotopic (exact) mass is 322 g/mol. The first kappa shape index (κ1) is 15.1. The first-order valence-corrected chi connectivity index (χ1v) is 8.35. The van der Waals surface area contributed by atoms with Crippen molar-refractivity contribution in [2.45, 2.75) is 30.2 Å². The quantitative estimate of drug-likeness (QED) is 0.894. The summed E-state index contributed by atoms with van der Waals surface area (Å²) in [6, 6.07) is 4.24. The van der Waals surface area contributed by atoms with Crippen molar-refractivity contribution in [3.63, 3.8) is 0 Å². The number of hydrogen-bond donors (Lipinski definition) is 2. The van der Waals surface area contributed by atoms with Gasteiger partial charge in [0, 0.05) is 11.1 Å². The lowest BCUT2D eigenvalue weighted by atomic mass is 10.1. The summed E-state index contributed by atoms with van der Waals surface area (Å²) in [5.41, 5.74) is 5.65. The average molecular weight is 323 g/mol. The molecule has 1 saturated carbocycles. The van der Waals surface area contributed by atoms with Gasteiger partial charge in [-0.3, -0.25) is 0 Å². The summed E-state index contributed by atoms with van der Waals surface area (Å²) in [5.74, 6) is 0.195. The van der Waals surface area contributed by atoms with Crippen LogP contribution in [0.1, 0.15) is 19.3 Å². The lowest BCUT2D eigenvalue weighted by Crippen LogP contribution is -2.39. The molecule has 1 fully saturated rings. The smallest absolute Gasteiger partial charge is 0.242 e. The van der Waals surface area contributed by atoms with Crippen LogP contribution in [0.15, 0.2) is 23.1 Å². The van der Waals surface area contributed by atoms with Crippen molar-refractivity contribution in [1.82, 2.24) is 4.72 Å². The summed E-state index contributed by atoms with van der Waals surface area (Å²) < 4.78 is 27.3. The van der Waals surface area contributed by atoms with Gasteiger partial charge in [-0.2, -0.15) is 0 Å². The Morgan fingerprint density at radius 3 is 2.68 bits per heavy atom. The molecule has 4 nitrogen and oxygen atoms in total. The molecule has 1 aromatic rings. The van der Waals surface area contributed by atoms with Gasteiger partial charge in [0.25, 0.3) is 0 Å². The van der Waals surface area contributed by atoms with Gasteiger partial charge in [0.05, 0.1) is 5.02 Å². The molecule has 2 atom stereocenters. The molecule has 1 aliphatic carbocycles. The molecule has 3 N–H and O–H groups in total. The Hall–Kier alpha value is -0.330. The summed E-state index contributed by atoms with van der Waals surface area (Å²) in [7, 11) is -3.63. The van der Waals surface area contributed by atoms with E-state index in [-0.39, 0.29) is 21.9 Å². The second kappa shape index (κ2) is 5.97. The molecule has 19 heavy (non-hydrogen) atoms. The van der Waals surface area contributed by atoms with Crippen molar-refractivity contribution in [3.8, 4) is 0 Å². The molecule has 0 aromatic heterocycles. The SMILES string of the molecule is NCC1CCCC1NS(=O)(=O)c1ccc(Cl)cc1Cl. The molecule has 1 aromatic carbocycles. The summed E-state index contributed by atoms with van der Waals surface area (Å²) in [6.07, 6.45) is 2.76. The molecule has 0 spiro atoms. The van der Waals surface area contributed by atoms with Crippen LogP contribution in [0.4, 0.5) is 0 Å². The van der Waals surface area contributed by atoms with E-state index in [1.165, 1.54) is 18.2 Å². The Morgan fingerprint density at radius 2 is 2.05 bits per heavy atom. The number of benzene rings is 1. The molecule has 106 valence electrons. The standard InChI is InChI=1S/C12H16Cl2N2O2S/c13-9-4-5-12(10(14)6-9)19(17,18)16-11-3-1-2-8(11)7-15/h4-6,8,11,16H,1-3,7,15H2. The molecule has 0 saturated heterocycles. The Bertz CT molecular complexity index is 563. The molecular weight excluding hydrogens is 307 g/mol. The topological polar surface area (TPSA) is 72.2 Å². The highest BCUT2D eigenvalue weighted by Crippen LogP contribution is 2.29. The van der Waals surface area contributed by atoms with E-state index in [1.807, 2.05) is 0 Å². The first-order valence-electron chi connectivity index (χ1n) is 6.11. The average Bonchev–Trinajstić information content (AvgIpc) is 2.74. The first-order chi connectivity index (χ1) is 8.94. The fourth-order valence-corrected chi connectivity index (χ4v) is 4.54. The maximum atomic E-state index is 12.3. The number of sulfonamides is 1. The van der Waals surface area contributed by atoms with E-state index in [2.05, 4.69) is 4.72 Å². The fourth-order valence-electron chi connectivity index (χ4n) is 2.43. The summed E-state index contributed by atoms with van der Waals surface area (Å²) >= 11 is 11.7. The predicted molar refractivity (Wildman–Crippen MR) is 77.0 cm³/mol. The van der Waals surface area contributed by atoms with Gasteiger partial charge in [0.2, 0.25) is 10.0 Å². The molecule has 7 heteroatoms. The largest absolute Gasteiger partial charge is 0.330 e. The van der Waals surface area contributed by atoms with Gasteiger partial charge in [-0.05, 0) is 43.5 Å². The minimum atomic E-state index is -3.63. The van der Waals surface area contributed by atoms with E-state index in [9.17, 15) is 8.42 Å². The number of nitrogens with one attached hydrogen (secondary N) is 1. The molecule has 0 aliphatic heterocycles. The third kappa shape index (κ3) is 3.41. The van der Waals surface area contributed by atoms with Crippen LogP contribution in [0.5, 0.6) is 0 Å². The summed E-state index contributed by atoms with van der Waals surface area (Å²) in [6.45, 7) is 0.488. The zero-order chi connectivity index (χ0) is 14.0. The van der Waals surface area contributed by atoms with Crippen molar-refractivity contribution < 1.29 is 8.42 Å². The molecule has 0 radical (unpaired) electrons. The second-order valence-corrected chi connectivity index (χ2v) is 7.26. The van der Waals surface area contributed by atoms with Crippen molar-refractivity contribution in [3.05, 3.63) is 28.2 Å². The fraction of sp³-hybridized carbons (Fsp3) is 0.500. The Kier molecular flexibility index (Phi) is 4.74. The molecule has 0 heterocycles. The molecule has 0 amide bonds. The Balaban J connectivity index is 2.23. The van der Waals surface area contributed by atoms with Crippen molar-refractivity contribution >= 4 is 33.2 Å². The maximum Gasteiger partial charge on any atom is 0.242 e. The number of rotatable bonds is 4. The molecule has 2 rings (SSSR count). The minimum absolute atomic E-state index is 0.0567. The van der Waals surface area contributed by atoms with Crippen molar-refractivity contribution in [1.29, 1.82) is 0 Å². The van der Waals surface area contributed by atoms with Gasteiger partial charge in [-0.1, -0.05) is 29.6 Å². The van der Waals surface area contributed by atoms with Gasteiger partial charge < -0.3 is 5.73 Å².